The van der Waals surface area contributed by atoms with E-state index in [9.17, 15) is 13.2 Å². The Labute approximate surface area is 122 Å². The molecule has 0 bridgehead atoms. The van der Waals surface area contributed by atoms with Crippen molar-refractivity contribution < 1.29 is 13.2 Å². The summed E-state index contributed by atoms with van der Waals surface area (Å²) in [6.45, 7) is 4.64. The molecule has 0 atom stereocenters. The first kappa shape index (κ1) is 15.0. The Morgan fingerprint density at radius 2 is 1.90 bits per heavy atom. The van der Waals surface area contributed by atoms with Gasteiger partial charge in [-0.1, -0.05) is 6.07 Å². The normalized spacial score (nSPS) is 11.2. The van der Waals surface area contributed by atoms with E-state index in [4.69, 9.17) is 0 Å². The van der Waals surface area contributed by atoms with Crippen LogP contribution >= 0.6 is 0 Å². The Morgan fingerprint density at radius 1 is 1.24 bits per heavy atom. The van der Waals surface area contributed by atoms with Gasteiger partial charge in [0.05, 0.1) is 17.1 Å². The number of sulfonamides is 1. The molecule has 0 spiro atoms. The zero-order valence-electron chi connectivity index (χ0n) is 11.9. The predicted octanol–water partition coefficient (Wildman–Crippen LogP) is 1.79. The molecule has 112 valence electrons. The van der Waals surface area contributed by atoms with E-state index in [1.54, 1.807) is 38.1 Å². The van der Waals surface area contributed by atoms with Crippen LogP contribution in [0.5, 0.6) is 0 Å². The predicted molar refractivity (Wildman–Crippen MR) is 79.6 cm³/mol. The van der Waals surface area contributed by atoms with Gasteiger partial charge >= 0.3 is 0 Å². The highest BCUT2D eigenvalue weighted by Gasteiger charge is 2.22. The van der Waals surface area contributed by atoms with Crippen LogP contribution in [0, 0.1) is 13.8 Å². The zero-order chi connectivity index (χ0) is 15.6. The number of aryl methyl sites for hydroxylation is 2. The van der Waals surface area contributed by atoms with Gasteiger partial charge in [0.15, 0.2) is 0 Å². The first-order valence-corrected chi connectivity index (χ1v) is 7.70. The highest BCUT2D eigenvalue weighted by Crippen LogP contribution is 2.22. The van der Waals surface area contributed by atoms with E-state index in [1.165, 1.54) is 6.92 Å². The van der Waals surface area contributed by atoms with Crippen LogP contribution < -0.4 is 10.0 Å². The third-order valence-corrected chi connectivity index (χ3v) is 4.41. The molecule has 1 heterocycles. The Kier molecular flexibility index (Phi) is 3.99. The SMILES string of the molecule is CC(=O)Nc1cccc(NS(=O)(=O)c2c(C)n[nH]c2C)c1. The first-order valence-electron chi connectivity index (χ1n) is 6.21. The number of carbonyl (C=O) groups is 1. The maximum atomic E-state index is 12.4. The van der Waals surface area contributed by atoms with Crippen molar-refractivity contribution in [1.29, 1.82) is 0 Å². The summed E-state index contributed by atoms with van der Waals surface area (Å²) in [5.74, 6) is -0.225. The summed E-state index contributed by atoms with van der Waals surface area (Å²) >= 11 is 0. The molecule has 8 heteroatoms. The fraction of sp³-hybridized carbons (Fsp3) is 0.231. The third kappa shape index (κ3) is 3.40. The Balaban J connectivity index is 2.31. The average molecular weight is 308 g/mol. The first-order chi connectivity index (χ1) is 9.79. The fourth-order valence-corrected chi connectivity index (χ4v) is 3.43. The third-order valence-electron chi connectivity index (χ3n) is 2.76. The topological polar surface area (TPSA) is 104 Å². The molecule has 0 aliphatic rings. The number of H-pyrrole nitrogens is 1. The molecule has 0 unspecified atom stereocenters. The lowest BCUT2D eigenvalue weighted by Crippen LogP contribution is -2.15. The molecule has 0 fully saturated rings. The zero-order valence-corrected chi connectivity index (χ0v) is 12.7. The highest BCUT2D eigenvalue weighted by atomic mass is 32.2. The van der Waals surface area contributed by atoms with Crippen LogP contribution in [-0.4, -0.2) is 24.5 Å². The molecule has 1 aromatic heterocycles. The molecule has 0 aliphatic heterocycles. The molecule has 21 heavy (non-hydrogen) atoms. The van der Waals surface area contributed by atoms with E-state index < -0.39 is 10.0 Å². The number of amides is 1. The number of nitrogens with one attached hydrogen (secondary N) is 3. The summed E-state index contributed by atoms with van der Waals surface area (Å²) in [5.41, 5.74) is 1.75. The van der Waals surface area contributed by atoms with E-state index >= 15 is 0 Å². The maximum Gasteiger partial charge on any atom is 0.265 e. The number of hydrogen-bond acceptors (Lipinski definition) is 4. The highest BCUT2D eigenvalue weighted by molar-refractivity contribution is 7.92. The van der Waals surface area contributed by atoms with Gasteiger partial charge in [0.25, 0.3) is 10.0 Å². The van der Waals surface area contributed by atoms with Crippen LogP contribution in [-0.2, 0) is 14.8 Å². The molecule has 2 rings (SSSR count). The van der Waals surface area contributed by atoms with Gasteiger partial charge in [-0.25, -0.2) is 8.42 Å². The molecule has 1 aromatic carbocycles. The van der Waals surface area contributed by atoms with Crippen LogP contribution in [0.3, 0.4) is 0 Å². The van der Waals surface area contributed by atoms with Crippen molar-refractivity contribution in [3.63, 3.8) is 0 Å². The van der Waals surface area contributed by atoms with Gasteiger partial charge in [0.1, 0.15) is 4.90 Å². The van der Waals surface area contributed by atoms with Crippen molar-refractivity contribution in [2.45, 2.75) is 25.7 Å². The lowest BCUT2D eigenvalue weighted by molar-refractivity contribution is -0.114. The number of anilines is 2. The second kappa shape index (κ2) is 5.57. The van der Waals surface area contributed by atoms with Gasteiger partial charge in [-0.05, 0) is 32.0 Å². The van der Waals surface area contributed by atoms with E-state index in [-0.39, 0.29) is 10.8 Å². The monoisotopic (exact) mass is 308 g/mol. The quantitative estimate of drug-likeness (QED) is 0.801. The van der Waals surface area contributed by atoms with E-state index in [1.807, 2.05) is 0 Å². The molecule has 3 N–H and O–H groups in total. The van der Waals surface area contributed by atoms with E-state index in [2.05, 4.69) is 20.2 Å². The Morgan fingerprint density at radius 3 is 2.48 bits per heavy atom. The smallest absolute Gasteiger partial charge is 0.265 e. The molecule has 0 saturated carbocycles. The van der Waals surface area contributed by atoms with Gasteiger partial charge in [0, 0.05) is 12.6 Å². The van der Waals surface area contributed by atoms with Crippen molar-refractivity contribution in [2.24, 2.45) is 0 Å². The largest absolute Gasteiger partial charge is 0.326 e. The molecule has 0 radical (unpaired) electrons. The van der Waals surface area contributed by atoms with Crippen molar-refractivity contribution in [1.82, 2.24) is 10.2 Å². The van der Waals surface area contributed by atoms with Gasteiger partial charge in [-0.2, -0.15) is 5.10 Å². The molecule has 7 nitrogen and oxygen atoms in total. The number of aromatic nitrogens is 2. The van der Waals surface area contributed by atoms with Gasteiger partial charge in [-0.3, -0.25) is 14.6 Å². The number of rotatable bonds is 4. The fourth-order valence-electron chi connectivity index (χ4n) is 2.01. The summed E-state index contributed by atoms with van der Waals surface area (Å²) in [6, 6.07) is 6.48. The molecular formula is C13H16N4O3S. The molecule has 1 amide bonds. The standard InChI is InChI=1S/C13H16N4O3S/c1-8-13(9(2)16-15-8)21(19,20)17-12-6-4-5-11(7-12)14-10(3)18/h4-7,17H,1-3H3,(H,14,18)(H,15,16). The Bertz CT molecular complexity index is 761. The minimum atomic E-state index is -3.73. The van der Waals surface area contributed by atoms with Gasteiger partial charge in [-0.15, -0.1) is 0 Å². The minimum absolute atomic E-state index is 0.132. The summed E-state index contributed by atoms with van der Waals surface area (Å²) in [4.78, 5) is 11.2. The second-order valence-electron chi connectivity index (χ2n) is 4.63. The number of benzene rings is 1. The Hall–Kier alpha value is -2.35. The number of hydrogen-bond donors (Lipinski definition) is 3. The summed E-state index contributed by atoms with van der Waals surface area (Å²) in [7, 11) is -3.73. The van der Waals surface area contributed by atoms with Crippen molar-refractivity contribution in [2.75, 3.05) is 10.0 Å². The summed E-state index contributed by atoms with van der Waals surface area (Å²) in [5, 5.41) is 9.12. The second-order valence-corrected chi connectivity index (χ2v) is 6.25. The van der Waals surface area contributed by atoms with Gasteiger partial charge < -0.3 is 5.32 Å². The van der Waals surface area contributed by atoms with E-state index in [0.717, 1.165) is 0 Å². The van der Waals surface area contributed by atoms with Crippen LogP contribution in [0.2, 0.25) is 0 Å². The summed E-state index contributed by atoms with van der Waals surface area (Å²) < 4.78 is 27.2. The molecular weight excluding hydrogens is 292 g/mol. The number of aromatic amines is 1. The minimum Gasteiger partial charge on any atom is -0.326 e. The molecule has 2 aromatic rings. The van der Waals surface area contributed by atoms with Crippen LogP contribution in [0.25, 0.3) is 0 Å². The average Bonchev–Trinajstić information content (AvgIpc) is 2.68. The molecule has 0 saturated heterocycles. The number of carbonyl (C=O) groups excluding carboxylic acids is 1. The molecule has 0 aliphatic carbocycles. The van der Waals surface area contributed by atoms with Crippen LogP contribution in [0.15, 0.2) is 29.2 Å². The summed E-state index contributed by atoms with van der Waals surface area (Å²) in [6.07, 6.45) is 0. The van der Waals surface area contributed by atoms with Crippen molar-refractivity contribution in [3.05, 3.63) is 35.7 Å². The van der Waals surface area contributed by atoms with E-state index in [0.29, 0.717) is 22.8 Å². The maximum absolute atomic E-state index is 12.4. The van der Waals surface area contributed by atoms with Crippen molar-refractivity contribution in [3.8, 4) is 0 Å². The lowest BCUT2D eigenvalue weighted by atomic mass is 10.3. The van der Waals surface area contributed by atoms with Crippen LogP contribution in [0.4, 0.5) is 11.4 Å². The number of nitrogens with zero attached hydrogens (tertiary/aromatic N) is 1. The lowest BCUT2D eigenvalue weighted by Gasteiger charge is -2.10. The van der Waals surface area contributed by atoms with Gasteiger partial charge in [0.2, 0.25) is 5.91 Å². The van der Waals surface area contributed by atoms with Crippen LogP contribution in [0.1, 0.15) is 18.3 Å². The van der Waals surface area contributed by atoms with Crippen molar-refractivity contribution >= 4 is 27.3 Å².